The SMILES string of the molecule is C=C(C)[C@@H]1CC[C@]2(C(=O)O)CC[C@]3(C)C(CCC4[C@@]5(C)CC[C@@H](C(=O)CC6OOC(C(=O)O)[C@@H](O)C6O)C(C)(C)C5CC[C@]43C)C12. The minimum absolute atomic E-state index is 0.0287. The lowest BCUT2D eigenvalue weighted by atomic mass is 9.32. The van der Waals surface area contributed by atoms with Crippen molar-refractivity contribution in [2.45, 2.75) is 137 Å². The van der Waals surface area contributed by atoms with Crippen molar-refractivity contribution in [1.82, 2.24) is 0 Å². The summed E-state index contributed by atoms with van der Waals surface area (Å²) in [6.07, 6.45) is 2.99. The average molecular weight is 645 g/mol. The summed E-state index contributed by atoms with van der Waals surface area (Å²) in [5.74, 6) is -0.809. The van der Waals surface area contributed by atoms with Crippen LogP contribution in [0, 0.1) is 62.6 Å². The monoisotopic (exact) mass is 644 g/mol. The number of Topliss-reactive ketones (excluding diaryl/α,β-unsaturated/α-hetero) is 1. The summed E-state index contributed by atoms with van der Waals surface area (Å²) in [6, 6.07) is 0. The van der Waals surface area contributed by atoms with Crippen molar-refractivity contribution in [1.29, 1.82) is 0 Å². The van der Waals surface area contributed by atoms with Crippen LogP contribution in [0.15, 0.2) is 12.2 Å². The zero-order valence-corrected chi connectivity index (χ0v) is 28.6. The molecule has 1 aliphatic heterocycles. The number of aliphatic hydroxyl groups excluding tert-OH is 2. The molecule has 46 heavy (non-hydrogen) atoms. The number of fused-ring (bicyclic) bond motifs is 7. The molecule has 0 aromatic carbocycles. The molecule has 9 heteroatoms. The molecule has 0 bridgehead atoms. The van der Waals surface area contributed by atoms with Gasteiger partial charge in [0.1, 0.15) is 24.1 Å². The molecule has 4 N–H and O–H groups in total. The highest BCUT2D eigenvalue weighted by atomic mass is 17.2. The molecular formula is C37H56O9. The molecule has 9 nitrogen and oxygen atoms in total. The van der Waals surface area contributed by atoms with Crippen LogP contribution in [0.2, 0.25) is 0 Å². The van der Waals surface area contributed by atoms with Crippen molar-refractivity contribution in [3.05, 3.63) is 12.2 Å². The Morgan fingerprint density at radius 3 is 2.11 bits per heavy atom. The average Bonchev–Trinajstić information content (AvgIpc) is 3.37. The third-order valence-electron chi connectivity index (χ3n) is 15.9. The number of carbonyl (C=O) groups is 3. The van der Waals surface area contributed by atoms with E-state index in [0.29, 0.717) is 17.8 Å². The fraction of sp³-hybridized carbons (Fsp3) is 0.865. The van der Waals surface area contributed by atoms with Crippen LogP contribution in [0.4, 0.5) is 0 Å². The Labute approximate surface area is 273 Å². The maximum atomic E-state index is 13.9. The normalized spacial score (nSPS) is 51.1. The predicted octanol–water partition coefficient (Wildman–Crippen LogP) is 5.81. The van der Waals surface area contributed by atoms with E-state index in [-0.39, 0.29) is 51.6 Å². The zero-order chi connectivity index (χ0) is 33.8. The largest absolute Gasteiger partial charge is 0.481 e. The van der Waals surface area contributed by atoms with Gasteiger partial charge in [-0.2, -0.15) is 0 Å². The van der Waals surface area contributed by atoms with Crippen LogP contribution in [0.1, 0.15) is 112 Å². The van der Waals surface area contributed by atoms with Gasteiger partial charge in [0, 0.05) is 12.3 Å². The first-order chi connectivity index (χ1) is 21.4. The first-order valence-corrected chi connectivity index (χ1v) is 17.7. The van der Waals surface area contributed by atoms with Crippen molar-refractivity contribution in [2.24, 2.45) is 62.6 Å². The highest BCUT2D eigenvalue weighted by Crippen LogP contribution is 2.78. The minimum atomic E-state index is -1.70. The maximum absolute atomic E-state index is 13.9. The van der Waals surface area contributed by atoms with Crippen LogP contribution in [-0.2, 0) is 24.2 Å². The highest BCUT2D eigenvalue weighted by molar-refractivity contribution is 5.82. The van der Waals surface area contributed by atoms with E-state index >= 15 is 0 Å². The molecule has 0 spiro atoms. The molecule has 5 saturated carbocycles. The van der Waals surface area contributed by atoms with Crippen molar-refractivity contribution in [3.63, 3.8) is 0 Å². The van der Waals surface area contributed by atoms with Crippen LogP contribution in [0.3, 0.4) is 0 Å². The Hall–Kier alpha value is -1.81. The van der Waals surface area contributed by atoms with Gasteiger partial charge < -0.3 is 20.4 Å². The van der Waals surface area contributed by atoms with Gasteiger partial charge in [-0.25, -0.2) is 14.6 Å². The summed E-state index contributed by atoms with van der Waals surface area (Å²) in [4.78, 5) is 48.2. The molecule has 6 aliphatic rings. The van der Waals surface area contributed by atoms with Crippen LogP contribution in [0.25, 0.3) is 0 Å². The Kier molecular flexibility index (Phi) is 8.23. The van der Waals surface area contributed by atoms with Crippen molar-refractivity contribution in [3.8, 4) is 0 Å². The summed E-state index contributed by atoms with van der Waals surface area (Å²) >= 11 is 0. The van der Waals surface area contributed by atoms with Gasteiger partial charge in [-0.3, -0.25) is 9.59 Å². The first kappa shape index (κ1) is 34.1. The van der Waals surface area contributed by atoms with Gasteiger partial charge >= 0.3 is 11.9 Å². The molecule has 7 unspecified atom stereocenters. The van der Waals surface area contributed by atoms with Gasteiger partial charge in [-0.15, -0.1) is 0 Å². The van der Waals surface area contributed by atoms with Gasteiger partial charge in [0.2, 0.25) is 6.10 Å². The van der Waals surface area contributed by atoms with E-state index in [1.54, 1.807) is 0 Å². The lowest BCUT2D eigenvalue weighted by Gasteiger charge is -2.73. The number of allylic oxidation sites excluding steroid dienone is 1. The van der Waals surface area contributed by atoms with Crippen molar-refractivity contribution in [2.75, 3.05) is 0 Å². The Morgan fingerprint density at radius 1 is 0.783 bits per heavy atom. The van der Waals surface area contributed by atoms with Crippen LogP contribution >= 0.6 is 0 Å². The number of hydrogen-bond acceptors (Lipinski definition) is 7. The molecule has 6 rings (SSSR count). The second-order valence-electron chi connectivity index (χ2n) is 17.7. The van der Waals surface area contributed by atoms with Gasteiger partial charge in [0.15, 0.2) is 0 Å². The standard InChI is InChI=1S/C37H56O9/c1-19(2)20-10-15-37(32(43)44)17-16-35(6)22(27(20)37)8-9-26-34(5)13-11-21(33(3,4)25(34)12-14-36(26,35)7)23(38)18-24-28(39)29(40)30(31(41)42)46-45-24/h20-22,24-30,39-40H,1,8-18H2,2-7H3,(H,41,42)(H,43,44)/t20-,21-,22?,24?,25?,26?,27?,28?,29-,30?,34-,35+,36+,37-/m0/s1. The topological polar surface area (TPSA) is 151 Å². The second kappa shape index (κ2) is 11.1. The van der Waals surface area contributed by atoms with Gasteiger partial charge in [0.25, 0.3) is 0 Å². The number of carboxylic acids is 2. The number of hydrogen-bond donors (Lipinski definition) is 4. The van der Waals surface area contributed by atoms with E-state index in [0.717, 1.165) is 69.8 Å². The Bertz CT molecular complexity index is 1290. The molecule has 6 fully saturated rings. The summed E-state index contributed by atoms with van der Waals surface area (Å²) in [5.41, 5.74) is 0.317. The van der Waals surface area contributed by atoms with E-state index in [1.165, 1.54) is 0 Å². The molecule has 14 atom stereocenters. The van der Waals surface area contributed by atoms with Gasteiger partial charge in [-0.1, -0.05) is 46.8 Å². The van der Waals surface area contributed by atoms with Crippen molar-refractivity contribution >= 4 is 17.7 Å². The molecule has 258 valence electrons. The minimum Gasteiger partial charge on any atom is -0.481 e. The summed E-state index contributed by atoms with van der Waals surface area (Å²) < 4.78 is 0. The first-order valence-electron chi connectivity index (χ1n) is 17.7. The highest BCUT2D eigenvalue weighted by Gasteiger charge is 2.72. The molecule has 0 radical (unpaired) electrons. The van der Waals surface area contributed by atoms with Crippen LogP contribution in [-0.4, -0.2) is 62.6 Å². The van der Waals surface area contributed by atoms with Crippen LogP contribution < -0.4 is 0 Å². The number of ketones is 1. The lowest BCUT2D eigenvalue weighted by Crippen LogP contribution is -2.67. The third-order valence-corrected chi connectivity index (χ3v) is 15.9. The smallest absolute Gasteiger partial charge is 0.339 e. The Morgan fingerprint density at radius 2 is 1.48 bits per heavy atom. The molecule has 0 aromatic rings. The fourth-order valence-electron chi connectivity index (χ4n) is 13.4. The summed E-state index contributed by atoms with van der Waals surface area (Å²) in [5, 5.41) is 40.7. The molecule has 5 aliphatic carbocycles. The van der Waals surface area contributed by atoms with E-state index in [4.69, 9.17) is 9.78 Å². The third kappa shape index (κ3) is 4.50. The quantitative estimate of drug-likeness (QED) is 0.207. The summed E-state index contributed by atoms with van der Waals surface area (Å²) in [6.45, 7) is 18.4. The van der Waals surface area contributed by atoms with Gasteiger partial charge in [0.05, 0.1) is 5.41 Å². The van der Waals surface area contributed by atoms with E-state index in [2.05, 4.69) is 48.1 Å². The zero-order valence-electron chi connectivity index (χ0n) is 28.6. The fourth-order valence-corrected chi connectivity index (χ4v) is 13.4. The molecule has 1 saturated heterocycles. The molecule has 0 aromatic heterocycles. The maximum Gasteiger partial charge on any atom is 0.339 e. The molecular weight excluding hydrogens is 588 g/mol. The van der Waals surface area contributed by atoms with Crippen LogP contribution in [0.5, 0.6) is 0 Å². The summed E-state index contributed by atoms with van der Waals surface area (Å²) in [7, 11) is 0. The molecule has 0 amide bonds. The number of aliphatic carboxylic acids is 2. The predicted molar refractivity (Wildman–Crippen MR) is 169 cm³/mol. The number of aliphatic hydroxyl groups is 2. The number of carbonyl (C=O) groups excluding carboxylic acids is 1. The molecule has 1 heterocycles. The van der Waals surface area contributed by atoms with Gasteiger partial charge in [-0.05, 0) is 122 Å². The Balaban J connectivity index is 1.24. The van der Waals surface area contributed by atoms with E-state index < -0.39 is 41.8 Å². The number of rotatable bonds is 6. The number of carboxylic acid groups (broad SMARTS) is 2. The van der Waals surface area contributed by atoms with E-state index in [1.807, 2.05) is 0 Å². The lowest BCUT2D eigenvalue weighted by molar-refractivity contribution is -0.404. The van der Waals surface area contributed by atoms with Crippen molar-refractivity contribution < 1.29 is 44.6 Å². The second-order valence-corrected chi connectivity index (χ2v) is 17.7. The van der Waals surface area contributed by atoms with E-state index in [9.17, 15) is 34.8 Å².